The first-order valence-corrected chi connectivity index (χ1v) is 6.77. The first-order chi connectivity index (χ1) is 10.3. The van der Waals surface area contributed by atoms with E-state index in [9.17, 15) is 0 Å². The second-order valence-corrected chi connectivity index (χ2v) is 4.79. The fourth-order valence-electron chi connectivity index (χ4n) is 2.41. The lowest BCUT2D eigenvalue weighted by Gasteiger charge is -2.13. The van der Waals surface area contributed by atoms with Crippen molar-refractivity contribution in [2.45, 2.75) is 6.54 Å². The Morgan fingerprint density at radius 2 is 1.95 bits per heavy atom. The van der Waals surface area contributed by atoms with Crippen LogP contribution < -0.4 is 15.8 Å². The van der Waals surface area contributed by atoms with Crippen molar-refractivity contribution in [1.29, 1.82) is 0 Å². The number of benzene rings is 2. The fraction of sp³-hybridized carbons (Fsp3) is 0.118. The molecule has 0 aliphatic rings. The number of hydrogen-bond donors (Lipinski definition) is 2. The summed E-state index contributed by atoms with van der Waals surface area (Å²) in [6, 6.07) is 13.8. The number of anilines is 2. The molecule has 1 aromatic heterocycles. The number of ether oxygens (including phenoxy) is 1. The summed E-state index contributed by atoms with van der Waals surface area (Å²) in [5.74, 6) is 0.881. The number of nitrogens with zero attached hydrogens (tertiary/aromatic N) is 1. The fourth-order valence-corrected chi connectivity index (χ4v) is 2.41. The van der Waals surface area contributed by atoms with E-state index in [1.54, 1.807) is 19.5 Å². The summed E-state index contributed by atoms with van der Waals surface area (Å²) >= 11 is 0. The Kier molecular flexibility index (Phi) is 3.60. The lowest BCUT2D eigenvalue weighted by atomic mass is 10.1. The molecule has 0 unspecified atom stereocenters. The van der Waals surface area contributed by atoms with Crippen molar-refractivity contribution in [3.8, 4) is 5.75 Å². The van der Waals surface area contributed by atoms with Gasteiger partial charge in [0, 0.05) is 46.6 Å². The minimum absolute atomic E-state index is 0.686. The van der Waals surface area contributed by atoms with E-state index < -0.39 is 0 Å². The number of aromatic nitrogens is 1. The molecule has 21 heavy (non-hydrogen) atoms. The SMILES string of the molecule is COc1ccccc1CNc1ccc(N)c2cnccc12. The summed E-state index contributed by atoms with van der Waals surface area (Å²) in [6.07, 6.45) is 3.56. The molecule has 0 fully saturated rings. The standard InChI is InChI=1S/C17H17N3O/c1-21-17-5-3-2-4-12(17)10-20-16-7-6-15(18)14-11-19-9-8-13(14)16/h2-9,11,20H,10,18H2,1H3. The predicted molar refractivity (Wildman–Crippen MR) is 86.5 cm³/mol. The molecule has 0 saturated heterocycles. The number of rotatable bonds is 4. The average Bonchev–Trinajstić information content (AvgIpc) is 2.55. The predicted octanol–water partition coefficient (Wildman–Crippen LogP) is 3.44. The molecule has 3 rings (SSSR count). The van der Waals surface area contributed by atoms with Crippen LogP contribution in [0.4, 0.5) is 11.4 Å². The van der Waals surface area contributed by atoms with Gasteiger partial charge in [-0.1, -0.05) is 18.2 Å². The molecule has 3 N–H and O–H groups in total. The highest BCUT2D eigenvalue weighted by Gasteiger charge is 2.05. The molecule has 4 heteroatoms. The van der Waals surface area contributed by atoms with Crippen molar-refractivity contribution >= 4 is 22.1 Å². The molecule has 1 heterocycles. The zero-order valence-corrected chi connectivity index (χ0v) is 11.8. The van der Waals surface area contributed by atoms with E-state index in [2.05, 4.69) is 10.3 Å². The van der Waals surface area contributed by atoms with Crippen LogP contribution in [-0.4, -0.2) is 12.1 Å². The summed E-state index contributed by atoms with van der Waals surface area (Å²) < 4.78 is 5.37. The van der Waals surface area contributed by atoms with Gasteiger partial charge in [0.2, 0.25) is 0 Å². The van der Waals surface area contributed by atoms with Crippen LogP contribution in [0.5, 0.6) is 5.75 Å². The molecule has 0 spiro atoms. The number of nitrogens with two attached hydrogens (primary N) is 1. The largest absolute Gasteiger partial charge is 0.496 e. The van der Waals surface area contributed by atoms with Crippen molar-refractivity contribution in [2.24, 2.45) is 0 Å². The zero-order chi connectivity index (χ0) is 14.7. The van der Waals surface area contributed by atoms with E-state index in [0.717, 1.165) is 33.5 Å². The van der Waals surface area contributed by atoms with Gasteiger partial charge >= 0.3 is 0 Å². The average molecular weight is 279 g/mol. The second kappa shape index (κ2) is 5.71. The maximum Gasteiger partial charge on any atom is 0.123 e. The van der Waals surface area contributed by atoms with Gasteiger partial charge in [-0.05, 0) is 24.3 Å². The lowest BCUT2D eigenvalue weighted by Crippen LogP contribution is -2.02. The quantitative estimate of drug-likeness (QED) is 0.718. The molecule has 0 aliphatic carbocycles. The highest BCUT2D eigenvalue weighted by molar-refractivity contribution is 6.00. The Hall–Kier alpha value is -2.75. The molecular formula is C17H17N3O. The molecule has 0 saturated carbocycles. The number of pyridine rings is 1. The number of nitrogen functional groups attached to an aromatic ring is 1. The van der Waals surface area contributed by atoms with Crippen LogP contribution in [0.1, 0.15) is 5.56 Å². The van der Waals surface area contributed by atoms with Crippen molar-refractivity contribution in [3.05, 3.63) is 60.4 Å². The maximum absolute atomic E-state index is 5.99. The number of methoxy groups -OCH3 is 1. The lowest BCUT2D eigenvalue weighted by molar-refractivity contribution is 0.410. The van der Waals surface area contributed by atoms with Gasteiger partial charge in [0.25, 0.3) is 0 Å². The normalized spacial score (nSPS) is 10.5. The monoisotopic (exact) mass is 279 g/mol. The van der Waals surface area contributed by atoms with Gasteiger partial charge in [-0.15, -0.1) is 0 Å². The first-order valence-electron chi connectivity index (χ1n) is 6.77. The van der Waals surface area contributed by atoms with Crippen molar-refractivity contribution < 1.29 is 4.74 Å². The third-order valence-electron chi connectivity index (χ3n) is 3.51. The Labute approximate surface area is 123 Å². The number of para-hydroxylation sites is 1. The van der Waals surface area contributed by atoms with Gasteiger partial charge in [-0.2, -0.15) is 0 Å². The molecule has 4 nitrogen and oxygen atoms in total. The highest BCUT2D eigenvalue weighted by Crippen LogP contribution is 2.28. The third kappa shape index (κ3) is 2.60. The minimum atomic E-state index is 0.686. The van der Waals surface area contributed by atoms with Crippen LogP contribution >= 0.6 is 0 Å². The van der Waals surface area contributed by atoms with Crippen LogP contribution in [0.2, 0.25) is 0 Å². The zero-order valence-electron chi connectivity index (χ0n) is 11.8. The van der Waals surface area contributed by atoms with Gasteiger partial charge in [-0.25, -0.2) is 0 Å². The van der Waals surface area contributed by atoms with Crippen LogP contribution in [0.15, 0.2) is 54.9 Å². The van der Waals surface area contributed by atoms with Gasteiger partial charge in [0.1, 0.15) is 5.75 Å². The van der Waals surface area contributed by atoms with Crippen LogP contribution in [0, 0.1) is 0 Å². The van der Waals surface area contributed by atoms with E-state index in [1.807, 2.05) is 42.5 Å². The van der Waals surface area contributed by atoms with Gasteiger partial charge in [0.05, 0.1) is 7.11 Å². The molecule has 0 amide bonds. The Bertz CT molecular complexity index is 771. The summed E-state index contributed by atoms with van der Waals surface area (Å²) in [4.78, 5) is 4.13. The Morgan fingerprint density at radius 3 is 2.81 bits per heavy atom. The van der Waals surface area contributed by atoms with E-state index in [-0.39, 0.29) is 0 Å². The van der Waals surface area contributed by atoms with Crippen molar-refractivity contribution in [2.75, 3.05) is 18.2 Å². The summed E-state index contributed by atoms with van der Waals surface area (Å²) in [5.41, 5.74) is 8.87. The van der Waals surface area contributed by atoms with Crippen molar-refractivity contribution in [1.82, 2.24) is 4.98 Å². The summed E-state index contributed by atoms with van der Waals surface area (Å²) in [5, 5.41) is 5.47. The van der Waals surface area contributed by atoms with Gasteiger partial charge in [-0.3, -0.25) is 4.98 Å². The third-order valence-corrected chi connectivity index (χ3v) is 3.51. The van der Waals surface area contributed by atoms with Crippen LogP contribution in [-0.2, 0) is 6.54 Å². The van der Waals surface area contributed by atoms with E-state index in [0.29, 0.717) is 6.54 Å². The topological polar surface area (TPSA) is 60.2 Å². The molecule has 106 valence electrons. The Morgan fingerprint density at radius 1 is 1.10 bits per heavy atom. The van der Waals surface area contributed by atoms with Gasteiger partial charge < -0.3 is 15.8 Å². The second-order valence-electron chi connectivity index (χ2n) is 4.79. The number of fused-ring (bicyclic) bond motifs is 1. The highest BCUT2D eigenvalue weighted by atomic mass is 16.5. The van der Waals surface area contributed by atoms with E-state index >= 15 is 0 Å². The van der Waals surface area contributed by atoms with Gasteiger partial charge in [0.15, 0.2) is 0 Å². The molecule has 0 radical (unpaired) electrons. The van der Waals surface area contributed by atoms with Crippen molar-refractivity contribution in [3.63, 3.8) is 0 Å². The number of hydrogen-bond acceptors (Lipinski definition) is 4. The molecular weight excluding hydrogens is 262 g/mol. The first kappa shape index (κ1) is 13.2. The van der Waals surface area contributed by atoms with E-state index in [4.69, 9.17) is 10.5 Å². The van der Waals surface area contributed by atoms with Crippen LogP contribution in [0.3, 0.4) is 0 Å². The maximum atomic E-state index is 5.99. The molecule has 3 aromatic rings. The molecule has 0 aliphatic heterocycles. The number of nitrogens with one attached hydrogen (secondary N) is 1. The van der Waals surface area contributed by atoms with Crippen LogP contribution in [0.25, 0.3) is 10.8 Å². The smallest absolute Gasteiger partial charge is 0.123 e. The van der Waals surface area contributed by atoms with E-state index in [1.165, 1.54) is 0 Å². The summed E-state index contributed by atoms with van der Waals surface area (Å²) in [7, 11) is 1.68. The molecule has 2 aromatic carbocycles. The summed E-state index contributed by atoms with van der Waals surface area (Å²) in [6.45, 7) is 0.686. The minimum Gasteiger partial charge on any atom is -0.496 e. The molecule has 0 bridgehead atoms. The molecule has 0 atom stereocenters. The Balaban J connectivity index is 1.91.